The molecule has 1 fully saturated rings. The Labute approximate surface area is 116 Å². The van der Waals surface area contributed by atoms with E-state index in [1.54, 1.807) is 0 Å². The number of fused-ring (bicyclic) bond motifs is 1. The van der Waals surface area contributed by atoms with Crippen LogP contribution in [-0.2, 0) is 6.54 Å². The molecule has 0 unspecified atom stereocenters. The van der Waals surface area contributed by atoms with E-state index < -0.39 is 0 Å². The highest BCUT2D eigenvalue weighted by molar-refractivity contribution is 5.74. The molecular formula is C15H16N4O. The van der Waals surface area contributed by atoms with Gasteiger partial charge >= 0.3 is 0 Å². The van der Waals surface area contributed by atoms with Crippen molar-refractivity contribution in [1.82, 2.24) is 14.8 Å². The first-order chi connectivity index (χ1) is 9.78. The molecular weight excluding hydrogens is 252 g/mol. The Balaban J connectivity index is 1.43. The maximum absolute atomic E-state index is 5.77. The van der Waals surface area contributed by atoms with Crippen LogP contribution in [0.5, 0.6) is 0 Å². The fourth-order valence-electron chi connectivity index (χ4n) is 2.67. The molecule has 2 aromatic heterocycles. The van der Waals surface area contributed by atoms with E-state index in [0.29, 0.717) is 5.92 Å². The van der Waals surface area contributed by atoms with Gasteiger partial charge in [-0.2, -0.15) is 10.1 Å². The van der Waals surface area contributed by atoms with Crippen LogP contribution >= 0.6 is 0 Å². The number of hydrogen-bond acceptors (Lipinski definition) is 4. The van der Waals surface area contributed by atoms with Gasteiger partial charge in [-0.05, 0) is 24.6 Å². The summed E-state index contributed by atoms with van der Waals surface area (Å²) in [6, 6.07) is 8.62. The summed E-state index contributed by atoms with van der Waals surface area (Å²) in [5.74, 6) is 0.615. The van der Waals surface area contributed by atoms with Crippen molar-refractivity contribution in [3.05, 3.63) is 42.2 Å². The number of benzene rings is 1. The van der Waals surface area contributed by atoms with Gasteiger partial charge in [-0.25, -0.2) is 0 Å². The molecule has 0 radical (unpaired) electrons. The molecule has 0 aliphatic carbocycles. The normalized spacial score (nSPS) is 15.8. The molecule has 5 nitrogen and oxygen atoms in total. The Bertz CT molecular complexity index is 706. The van der Waals surface area contributed by atoms with Crippen LogP contribution in [-0.4, -0.2) is 27.9 Å². The van der Waals surface area contributed by atoms with E-state index in [9.17, 15) is 0 Å². The van der Waals surface area contributed by atoms with Crippen molar-refractivity contribution in [3.8, 4) is 0 Å². The van der Waals surface area contributed by atoms with Gasteiger partial charge < -0.3 is 9.32 Å². The molecule has 3 aromatic rings. The van der Waals surface area contributed by atoms with Gasteiger partial charge in [0.15, 0.2) is 5.58 Å². The maximum Gasteiger partial charge on any atom is 0.298 e. The molecule has 3 heterocycles. The zero-order valence-electron chi connectivity index (χ0n) is 11.4. The molecule has 0 saturated carbocycles. The molecule has 0 amide bonds. The summed E-state index contributed by atoms with van der Waals surface area (Å²) in [6.07, 6.45) is 3.99. The Hall–Kier alpha value is -2.30. The Kier molecular flexibility index (Phi) is 2.52. The smallest absolute Gasteiger partial charge is 0.298 e. The lowest BCUT2D eigenvalue weighted by Crippen LogP contribution is -2.48. The lowest BCUT2D eigenvalue weighted by atomic mass is 10.0. The molecule has 102 valence electrons. The average molecular weight is 268 g/mol. The van der Waals surface area contributed by atoms with Gasteiger partial charge in [0.25, 0.3) is 6.01 Å². The minimum atomic E-state index is 0.615. The van der Waals surface area contributed by atoms with Crippen LogP contribution in [0.1, 0.15) is 5.56 Å². The first kappa shape index (κ1) is 11.5. The van der Waals surface area contributed by atoms with E-state index in [-0.39, 0.29) is 0 Å². The van der Waals surface area contributed by atoms with Crippen LogP contribution in [0.3, 0.4) is 0 Å². The number of oxazole rings is 1. The number of aryl methyl sites for hydroxylation is 1. The second-order valence-corrected chi connectivity index (χ2v) is 5.47. The highest BCUT2D eigenvalue weighted by Gasteiger charge is 2.30. The summed E-state index contributed by atoms with van der Waals surface area (Å²) in [7, 11) is 0. The van der Waals surface area contributed by atoms with E-state index in [0.717, 1.165) is 36.7 Å². The van der Waals surface area contributed by atoms with Crippen LogP contribution < -0.4 is 4.90 Å². The molecule has 20 heavy (non-hydrogen) atoms. The van der Waals surface area contributed by atoms with Crippen molar-refractivity contribution in [1.29, 1.82) is 0 Å². The molecule has 1 aliphatic rings. The molecule has 0 atom stereocenters. The van der Waals surface area contributed by atoms with Crippen LogP contribution in [0, 0.1) is 12.8 Å². The van der Waals surface area contributed by atoms with E-state index in [2.05, 4.69) is 28.1 Å². The first-order valence-electron chi connectivity index (χ1n) is 6.87. The zero-order valence-corrected chi connectivity index (χ0v) is 11.4. The number of rotatable bonds is 3. The van der Waals surface area contributed by atoms with E-state index >= 15 is 0 Å². The molecule has 1 saturated heterocycles. The lowest BCUT2D eigenvalue weighted by Gasteiger charge is -2.37. The fraction of sp³-hybridized carbons (Fsp3) is 0.333. The van der Waals surface area contributed by atoms with Gasteiger partial charge in [-0.1, -0.05) is 12.1 Å². The number of aromatic nitrogens is 3. The predicted molar refractivity (Wildman–Crippen MR) is 76.7 cm³/mol. The fourth-order valence-corrected chi connectivity index (χ4v) is 2.67. The molecule has 0 spiro atoms. The largest absolute Gasteiger partial charge is 0.423 e. The quantitative estimate of drug-likeness (QED) is 0.732. The summed E-state index contributed by atoms with van der Waals surface area (Å²) in [5.41, 5.74) is 2.99. The first-order valence-corrected chi connectivity index (χ1v) is 6.87. The monoisotopic (exact) mass is 268 g/mol. The lowest BCUT2D eigenvalue weighted by molar-refractivity contribution is 0.325. The molecule has 0 N–H and O–H groups in total. The Morgan fingerprint density at radius 2 is 2.15 bits per heavy atom. The van der Waals surface area contributed by atoms with Crippen LogP contribution in [0.25, 0.3) is 11.1 Å². The topological polar surface area (TPSA) is 47.1 Å². The highest BCUT2D eigenvalue weighted by Crippen LogP contribution is 2.28. The summed E-state index contributed by atoms with van der Waals surface area (Å²) in [5, 5.41) is 4.33. The second kappa shape index (κ2) is 4.37. The number of nitrogens with zero attached hydrogens (tertiary/aromatic N) is 4. The predicted octanol–water partition coefficient (Wildman–Crippen LogP) is 2.47. The van der Waals surface area contributed by atoms with Gasteiger partial charge in [-0.3, -0.25) is 4.68 Å². The third kappa shape index (κ3) is 1.95. The highest BCUT2D eigenvalue weighted by atomic mass is 16.4. The van der Waals surface area contributed by atoms with Crippen molar-refractivity contribution < 1.29 is 4.42 Å². The maximum atomic E-state index is 5.77. The van der Waals surface area contributed by atoms with Gasteiger partial charge in [0.05, 0.1) is 6.20 Å². The third-order valence-corrected chi connectivity index (χ3v) is 3.72. The van der Waals surface area contributed by atoms with Gasteiger partial charge in [0.2, 0.25) is 0 Å². The van der Waals surface area contributed by atoms with Gasteiger partial charge in [-0.15, -0.1) is 0 Å². The van der Waals surface area contributed by atoms with E-state index in [1.165, 1.54) is 5.56 Å². The van der Waals surface area contributed by atoms with E-state index in [1.807, 2.05) is 35.1 Å². The second-order valence-electron chi connectivity index (χ2n) is 5.47. The summed E-state index contributed by atoms with van der Waals surface area (Å²) < 4.78 is 7.78. The third-order valence-electron chi connectivity index (χ3n) is 3.72. The molecule has 1 aromatic carbocycles. The summed E-state index contributed by atoms with van der Waals surface area (Å²) in [4.78, 5) is 6.70. The van der Waals surface area contributed by atoms with Crippen LogP contribution in [0.15, 0.2) is 41.1 Å². The molecule has 5 heteroatoms. The minimum absolute atomic E-state index is 0.615. The van der Waals surface area contributed by atoms with Crippen molar-refractivity contribution in [3.63, 3.8) is 0 Å². The van der Waals surface area contributed by atoms with Crippen molar-refractivity contribution in [2.75, 3.05) is 18.0 Å². The van der Waals surface area contributed by atoms with Crippen molar-refractivity contribution in [2.24, 2.45) is 5.92 Å². The van der Waals surface area contributed by atoms with Crippen molar-refractivity contribution in [2.45, 2.75) is 13.5 Å². The number of hydrogen-bond donors (Lipinski definition) is 0. The molecule has 1 aliphatic heterocycles. The average Bonchev–Trinajstić information content (AvgIpc) is 2.98. The summed E-state index contributed by atoms with van der Waals surface area (Å²) >= 11 is 0. The number of para-hydroxylation sites is 2. The van der Waals surface area contributed by atoms with Gasteiger partial charge in [0.1, 0.15) is 5.52 Å². The number of anilines is 1. The Morgan fingerprint density at radius 1 is 1.30 bits per heavy atom. The Morgan fingerprint density at radius 3 is 2.90 bits per heavy atom. The minimum Gasteiger partial charge on any atom is -0.423 e. The van der Waals surface area contributed by atoms with Gasteiger partial charge in [0, 0.05) is 31.7 Å². The SMILES string of the molecule is Cc1cnn(CC2CN(c3nc4ccccc4o3)C2)c1. The summed E-state index contributed by atoms with van der Waals surface area (Å²) in [6.45, 7) is 4.98. The van der Waals surface area contributed by atoms with Crippen LogP contribution in [0.4, 0.5) is 6.01 Å². The van der Waals surface area contributed by atoms with Crippen LogP contribution in [0.2, 0.25) is 0 Å². The zero-order chi connectivity index (χ0) is 13.5. The van der Waals surface area contributed by atoms with E-state index in [4.69, 9.17) is 4.42 Å². The van der Waals surface area contributed by atoms with Crippen molar-refractivity contribution >= 4 is 17.1 Å². The molecule has 4 rings (SSSR count). The molecule has 0 bridgehead atoms. The standard InChI is InChI=1S/C15H16N4O/c1-11-6-16-19(7-11)10-12-8-18(9-12)15-17-13-4-2-3-5-14(13)20-15/h2-7,12H,8-10H2,1H3.